The molecule has 2 amide bonds. The van der Waals surface area contributed by atoms with Crippen LogP contribution in [0.25, 0.3) is 0 Å². The molecule has 1 saturated heterocycles. The predicted molar refractivity (Wildman–Crippen MR) is 94.8 cm³/mol. The lowest BCUT2D eigenvalue weighted by atomic mass is 9.97. The van der Waals surface area contributed by atoms with Crippen LogP contribution >= 0.6 is 0 Å². The zero-order valence-corrected chi connectivity index (χ0v) is 13.8. The topological polar surface area (TPSA) is 35.6 Å². The molecule has 1 aliphatic heterocycles. The van der Waals surface area contributed by atoms with E-state index in [1.165, 1.54) is 36.9 Å². The highest BCUT2D eigenvalue weighted by Gasteiger charge is 2.20. The minimum atomic E-state index is 0.0918. The van der Waals surface area contributed by atoms with Crippen molar-refractivity contribution in [3.63, 3.8) is 0 Å². The number of amides is 2. The fourth-order valence-corrected chi connectivity index (χ4v) is 3.38. The molecule has 0 aromatic heterocycles. The Kier molecular flexibility index (Phi) is 5.56. The van der Waals surface area contributed by atoms with Gasteiger partial charge >= 0.3 is 6.03 Å². The van der Waals surface area contributed by atoms with E-state index in [4.69, 9.17) is 0 Å². The Bertz CT molecular complexity index is 533. The molecule has 1 fully saturated rings. The van der Waals surface area contributed by atoms with E-state index in [0.717, 1.165) is 39.1 Å². The standard InChI is InChI=1S/C19H27N3O/c23-19(20-12-11-17-7-3-1-4-8-17)22-15-13-21(14-16-22)18-9-5-2-6-10-18/h2,5-7,9-10H,1,3-4,8,11-16H2,(H,20,23). The molecule has 0 saturated carbocycles. The molecular weight excluding hydrogens is 286 g/mol. The van der Waals surface area contributed by atoms with Gasteiger partial charge in [0.25, 0.3) is 0 Å². The Morgan fingerprint density at radius 1 is 1.04 bits per heavy atom. The van der Waals surface area contributed by atoms with Crippen LogP contribution in [0, 0.1) is 0 Å². The van der Waals surface area contributed by atoms with Crippen molar-refractivity contribution in [2.75, 3.05) is 37.6 Å². The molecule has 1 aliphatic carbocycles. The summed E-state index contributed by atoms with van der Waals surface area (Å²) >= 11 is 0. The third-order valence-electron chi connectivity index (χ3n) is 4.80. The number of carbonyl (C=O) groups excluding carboxylic acids is 1. The van der Waals surface area contributed by atoms with Crippen molar-refractivity contribution in [2.45, 2.75) is 32.1 Å². The third kappa shape index (κ3) is 4.50. The first-order valence-corrected chi connectivity index (χ1v) is 8.83. The second-order valence-electron chi connectivity index (χ2n) is 6.40. The van der Waals surface area contributed by atoms with Gasteiger partial charge in [-0.05, 0) is 44.2 Å². The van der Waals surface area contributed by atoms with Crippen LogP contribution in [0.5, 0.6) is 0 Å². The number of benzene rings is 1. The highest BCUT2D eigenvalue weighted by atomic mass is 16.2. The monoisotopic (exact) mass is 313 g/mol. The summed E-state index contributed by atoms with van der Waals surface area (Å²) in [7, 11) is 0. The number of nitrogens with one attached hydrogen (secondary N) is 1. The Labute approximate surface area is 139 Å². The molecule has 0 spiro atoms. The number of hydrogen-bond acceptors (Lipinski definition) is 2. The fraction of sp³-hybridized carbons (Fsp3) is 0.526. The maximum atomic E-state index is 12.3. The van der Waals surface area contributed by atoms with Gasteiger partial charge in [-0.2, -0.15) is 0 Å². The second-order valence-corrected chi connectivity index (χ2v) is 6.40. The zero-order valence-electron chi connectivity index (χ0n) is 13.8. The SMILES string of the molecule is O=C(NCCC1=CCCCC1)N1CCN(c2ccccc2)CC1. The zero-order chi connectivity index (χ0) is 15.9. The highest BCUT2D eigenvalue weighted by Crippen LogP contribution is 2.19. The van der Waals surface area contributed by atoms with Gasteiger partial charge in [0, 0.05) is 38.4 Å². The average Bonchev–Trinajstić information content (AvgIpc) is 2.63. The molecule has 1 heterocycles. The number of nitrogens with zero attached hydrogens (tertiary/aromatic N) is 2. The van der Waals surface area contributed by atoms with Crippen LogP contribution < -0.4 is 10.2 Å². The number of hydrogen-bond donors (Lipinski definition) is 1. The van der Waals surface area contributed by atoms with Crippen LogP contribution in [0.1, 0.15) is 32.1 Å². The Balaban J connectivity index is 1.39. The molecule has 0 atom stereocenters. The van der Waals surface area contributed by atoms with Crippen LogP contribution in [0.2, 0.25) is 0 Å². The summed E-state index contributed by atoms with van der Waals surface area (Å²) in [6.07, 6.45) is 8.42. The van der Waals surface area contributed by atoms with E-state index in [9.17, 15) is 4.79 Å². The number of urea groups is 1. The summed E-state index contributed by atoms with van der Waals surface area (Å²) < 4.78 is 0. The number of allylic oxidation sites excluding steroid dienone is 1. The van der Waals surface area contributed by atoms with Crippen molar-refractivity contribution in [3.05, 3.63) is 42.0 Å². The first-order valence-electron chi connectivity index (χ1n) is 8.83. The lowest BCUT2D eigenvalue weighted by Crippen LogP contribution is -2.52. The van der Waals surface area contributed by atoms with E-state index in [1.807, 2.05) is 11.0 Å². The largest absolute Gasteiger partial charge is 0.368 e. The van der Waals surface area contributed by atoms with Gasteiger partial charge in [0.05, 0.1) is 0 Å². The molecular formula is C19H27N3O. The van der Waals surface area contributed by atoms with E-state index in [0.29, 0.717) is 0 Å². The van der Waals surface area contributed by atoms with Gasteiger partial charge in [0.2, 0.25) is 0 Å². The molecule has 0 unspecified atom stereocenters. The lowest BCUT2D eigenvalue weighted by molar-refractivity contribution is 0.194. The molecule has 4 heteroatoms. The fourth-order valence-electron chi connectivity index (χ4n) is 3.38. The highest BCUT2D eigenvalue weighted by molar-refractivity contribution is 5.74. The maximum Gasteiger partial charge on any atom is 0.317 e. The molecule has 0 bridgehead atoms. The second kappa shape index (κ2) is 8.04. The number of para-hydroxylation sites is 1. The normalized spacial score (nSPS) is 18.5. The number of anilines is 1. The van der Waals surface area contributed by atoms with Gasteiger partial charge in [-0.3, -0.25) is 0 Å². The summed E-state index contributed by atoms with van der Waals surface area (Å²) in [5, 5.41) is 3.08. The van der Waals surface area contributed by atoms with Gasteiger partial charge in [0.1, 0.15) is 0 Å². The Hall–Kier alpha value is -1.97. The van der Waals surface area contributed by atoms with Crippen molar-refractivity contribution in [1.29, 1.82) is 0 Å². The molecule has 124 valence electrons. The first-order chi connectivity index (χ1) is 11.3. The van der Waals surface area contributed by atoms with E-state index < -0.39 is 0 Å². The lowest BCUT2D eigenvalue weighted by Gasteiger charge is -2.36. The van der Waals surface area contributed by atoms with Crippen LogP contribution in [-0.2, 0) is 0 Å². The van der Waals surface area contributed by atoms with Crippen molar-refractivity contribution in [3.8, 4) is 0 Å². The van der Waals surface area contributed by atoms with Gasteiger partial charge in [-0.1, -0.05) is 29.8 Å². The molecule has 23 heavy (non-hydrogen) atoms. The number of carbonyl (C=O) groups is 1. The summed E-state index contributed by atoms with van der Waals surface area (Å²) in [4.78, 5) is 16.5. The van der Waals surface area contributed by atoms with E-state index in [2.05, 4.69) is 40.6 Å². The van der Waals surface area contributed by atoms with Crippen LogP contribution in [0.4, 0.5) is 10.5 Å². The minimum Gasteiger partial charge on any atom is -0.368 e. The Morgan fingerprint density at radius 3 is 2.52 bits per heavy atom. The molecule has 1 aromatic carbocycles. The van der Waals surface area contributed by atoms with Crippen molar-refractivity contribution in [2.24, 2.45) is 0 Å². The minimum absolute atomic E-state index is 0.0918. The van der Waals surface area contributed by atoms with Crippen molar-refractivity contribution < 1.29 is 4.79 Å². The molecule has 1 aromatic rings. The number of piperazine rings is 1. The average molecular weight is 313 g/mol. The summed E-state index contributed by atoms with van der Waals surface area (Å²) in [5.74, 6) is 0. The third-order valence-corrected chi connectivity index (χ3v) is 4.80. The van der Waals surface area contributed by atoms with Gasteiger partial charge in [-0.15, -0.1) is 0 Å². The van der Waals surface area contributed by atoms with Crippen LogP contribution in [0.3, 0.4) is 0 Å². The quantitative estimate of drug-likeness (QED) is 0.865. The predicted octanol–water partition coefficient (Wildman–Crippen LogP) is 3.41. The molecule has 3 rings (SSSR count). The van der Waals surface area contributed by atoms with Crippen molar-refractivity contribution in [1.82, 2.24) is 10.2 Å². The van der Waals surface area contributed by atoms with E-state index >= 15 is 0 Å². The van der Waals surface area contributed by atoms with Gasteiger partial charge in [-0.25, -0.2) is 4.79 Å². The van der Waals surface area contributed by atoms with Crippen LogP contribution in [-0.4, -0.2) is 43.7 Å². The first kappa shape index (κ1) is 15.9. The molecule has 4 nitrogen and oxygen atoms in total. The smallest absolute Gasteiger partial charge is 0.317 e. The number of rotatable bonds is 4. The summed E-state index contributed by atoms with van der Waals surface area (Å²) in [6.45, 7) is 4.17. The molecule has 0 radical (unpaired) electrons. The van der Waals surface area contributed by atoms with Crippen LogP contribution in [0.15, 0.2) is 42.0 Å². The summed E-state index contributed by atoms with van der Waals surface area (Å²) in [6, 6.07) is 10.5. The van der Waals surface area contributed by atoms with E-state index in [-0.39, 0.29) is 6.03 Å². The van der Waals surface area contributed by atoms with Gasteiger partial charge in [0.15, 0.2) is 0 Å². The van der Waals surface area contributed by atoms with Crippen molar-refractivity contribution >= 4 is 11.7 Å². The maximum absolute atomic E-state index is 12.3. The van der Waals surface area contributed by atoms with Gasteiger partial charge < -0.3 is 15.1 Å². The molecule has 1 N–H and O–H groups in total. The summed E-state index contributed by atoms with van der Waals surface area (Å²) in [5.41, 5.74) is 2.77. The molecule has 2 aliphatic rings. The Morgan fingerprint density at radius 2 is 1.83 bits per heavy atom. The van der Waals surface area contributed by atoms with E-state index in [1.54, 1.807) is 0 Å².